The standard InChI is InChI=1S/C25H36N2O5S/c1-17(2)22-16-23(18(3)15-24(22)32-6)19(4)26-25(28)9-8-14-27(33(7,29)30)20-10-12-21(31-5)13-11-20/h10-13,15-17,19H,8-9,14H2,1-7H3,(H,26,28)/t19-/m0/s1. The highest BCUT2D eigenvalue weighted by Crippen LogP contribution is 2.32. The zero-order valence-corrected chi connectivity index (χ0v) is 21.5. The van der Waals surface area contributed by atoms with Gasteiger partial charge in [-0.15, -0.1) is 0 Å². The normalized spacial score (nSPS) is 12.4. The molecule has 2 aromatic rings. The third kappa shape index (κ3) is 7.12. The maximum absolute atomic E-state index is 12.6. The molecule has 2 aromatic carbocycles. The Bertz CT molecular complexity index is 1050. The number of nitrogens with one attached hydrogen (secondary N) is 1. The van der Waals surface area contributed by atoms with E-state index in [1.54, 1.807) is 38.5 Å². The van der Waals surface area contributed by atoms with Crippen molar-refractivity contribution in [2.45, 2.75) is 52.5 Å². The third-order valence-electron chi connectivity index (χ3n) is 5.61. The van der Waals surface area contributed by atoms with Gasteiger partial charge in [0.1, 0.15) is 11.5 Å². The monoisotopic (exact) mass is 476 g/mol. The van der Waals surface area contributed by atoms with Crippen molar-refractivity contribution in [3.8, 4) is 11.5 Å². The average Bonchev–Trinajstić information content (AvgIpc) is 2.75. The van der Waals surface area contributed by atoms with Crippen molar-refractivity contribution in [3.63, 3.8) is 0 Å². The number of anilines is 1. The molecule has 182 valence electrons. The van der Waals surface area contributed by atoms with Crippen LogP contribution < -0.4 is 19.1 Å². The van der Waals surface area contributed by atoms with E-state index >= 15 is 0 Å². The van der Waals surface area contributed by atoms with Crippen LogP contribution in [-0.4, -0.2) is 41.3 Å². The second-order valence-corrected chi connectivity index (χ2v) is 10.4. The number of sulfonamides is 1. The van der Waals surface area contributed by atoms with Crippen LogP contribution >= 0.6 is 0 Å². The molecule has 0 radical (unpaired) electrons. The number of amides is 1. The minimum absolute atomic E-state index is 0.119. The van der Waals surface area contributed by atoms with Crippen LogP contribution in [0.4, 0.5) is 5.69 Å². The van der Waals surface area contributed by atoms with Crippen molar-refractivity contribution in [2.75, 3.05) is 31.3 Å². The Kier molecular flexibility index (Phi) is 9.16. The largest absolute Gasteiger partial charge is 0.497 e. The van der Waals surface area contributed by atoms with Gasteiger partial charge in [-0.1, -0.05) is 13.8 Å². The summed E-state index contributed by atoms with van der Waals surface area (Å²) in [5.74, 6) is 1.67. The van der Waals surface area contributed by atoms with Crippen molar-refractivity contribution >= 4 is 21.6 Å². The summed E-state index contributed by atoms with van der Waals surface area (Å²) >= 11 is 0. The first kappa shape index (κ1) is 26.5. The molecule has 0 spiro atoms. The van der Waals surface area contributed by atoms with Crippen molar-refractivity contribution in [1.29, 1.82) is 0 Å². The van der Waals surface area contributed by atoms with E-state index in [1.165, 1.54) is 4.31 Å². The van der Waals surface area contributed by atoms with Gasteiger partial charge in [0.25, 0.3) is 0 Å². The van der Waals surface area contributed by atoms with Crippen LogP contribution in [0.3, 0.4) is 0 Å². The lowest BCUT2D eigenvalue weighted by Gasteiger charge is -2.23. The number of hydrogen-bond donors (Lipinski definition) is 1. The van der Waals surface area contributed by atoms with E-state index in [1.807, 2.05) is 19.9 Å². The second kappa shape index (κ2) is 11.4. The molecule has 0 aliphatic rings. The first-order valence-electron chi connectivity index (χ1n) is 11.1. The Morgan fingerprint density at radius 3 is 2.18 bits per heavy atom. The molecular formula is C25H36N2O5S. The summed E-state index contributed by atoms with van der Waals surface area (Å²) in [5, 5.41) is 3.04. The number of benzene rings is 2. The molecule has 8 heteroatoms. The van der Waals surface area contributed by atoms with Gasteiger partial charge in [0.2, 0.25) is 15.9 Å². The molecule has 0 saturated carbocycles. The molecule has 7 nitrogen and oxygen atoms in total. The third-order valence-corrected chi connectivity index (χ3v) is 6.80. The maximum atomic E-state index is 12.6. The van der Waals surface area contributed by atoms with Crippen molar-refractivity contribution in [1.82, 2.24) is 5.32 Å². The number of carbonyl (C=O) groups is 1. The van der Waals surface area contributed by atoms with Crippen molar-refractivity contribution in [2.24, 2.45) is 0 Å². The number of carbonyl (C=O) groups excluding carboxylic acids is 1. The molecule has 0 fully saturated rings. The number of nitrogens with zero attached hydrogens (tertiary/aromatic N) is 1. The summed E-state index contributed by atoms with van der Waals surface area (Å²) < 4.78 is 36.5. The van der Waals surface area contributed by atoms with E-state index < -0.39 is 10.0 Å². The number of rotatable bonds is 11. The highest BCUT2D eigenvalue weighted by Gasteiger charge is 2.19. The molecule has 0 aliphatic carbocycles. The molecule has 33 heavy (non-hydrogen) atoms. The summed E-state index contributed by atoms with van der Waals surface area (Å²) in [6.45, 7) is 8.39. The summed E-state index contributed by atoms with van der Waals surface area (Å²) in [5.41, 5.74) is 3.74. The van der Waals surface area contributed by atoms with E-state index in [4.69, 9.17) is 9.47 Å². The van der Waals surface area contributed by atoms with Gasteiger partial charge in [0, 0.05) is 13.0 Å². The quantitative estimate of drug-likeness (QED) is 0.514. The van der Waals surface area contributed by atoms with Crippen LogP contribution in [0, 0.1) is 6.92 Å². The molecule has 0 bridgehead atoms. The Balaban J connectivity index is 2.03. The van der Waals surface area contributed by atoms with Crippen LogP contribution in [0.5, 0.6) is 11.5 Å². The van der Waals surface area contributed by atoms with Crippen LogP contribution in [0.15, 0.2) is 36.4 Å². The predicted molar refractivity (Wildman–Crippen MR) is 133 cm³/mol. The lowest BCUT2D eigenvalue weighted by Crippen LogP contribution is -2.32. The Labute approximate surface area is 198 Å². The summed E-state index contributed by atoms with van der Waals surface area (Å²) in [6, 6.07) is 10.7. The van der Waals surface area contributed by atoms with E-state index in [0.717, 1.165) is 28.7 Å². The first-order valence-corrected chi connectivity index (χ1v) is 12.9. The van der Waals surface area contributed by atoms with Gasteiger partial charge in [-0.05, 0) is 79.3 Å². The van der Waals surface area contributed by atoms with Crippen LogP contribution in [0.1, 0.15) is 62.3 Å². The Morgan fingerprint density at radius 1 is 1.03 bits per heavy atom. The number of methoxy groups -OCH3 is 2. The van der Waals surface area contributed by atoms with Gasteiger partial charge < -0.3 is 14.8 Å². The fourth-order valence-electron chi connectivity index (χ4n) is 3.82. The summed E-state index contributed by atoms with van der Waals surface area (Å²) in [4.78, 5) is 12.6. The number of aryl methyl sites for hydroxylation is 1. The van der Waals surface area contributed by atoms with Gasteiger partial charge in [0.15, 0.2) is 0 Å². The Morgan fingerprint density at radius 2 is 1.67 bits per heavy atom. The molecule has 1 atom stereocenters. The number of hydrogen-bond acceptors (Lipinski definition) is 5. The molecule has 0 aromatic heterocycles. The average molecular weight is 477 g/mol. The second-order valence-electron chi connectivity index (χ2n) is 8.53. The van der Waals surface area contributed by atoms with Crippen molar-refractivity contribution in [3.05, 3.63) is 53.1 Å². The topological polar surface area (TPSA) is 84.9 Å². The minimum atomic E-state index is -3.48. The first-order chi connectivity index (χ1) is 15.5. The lowest BCUT2D eigenvalue weighted by molar-refractivity contribution is -0.121. The van der Waals surface area contributed by atoms with Gasteiger partial charge in [-0.2, -0.15) is 0 Å². The molecule has 2 rings (SSSR count). The molecule has 0 saturated heterocycles. The lowest BCUT2D eigenvalue weighted by atomic mass is 9.93. The fraction of sp³-hybridized carbons (Fsp3) is 0.480. The van der Waals surface area contributed by atoms with E-state index in [2.05, 4.69) is 25.2 Å². The SMILES string of the molecule is COc1ccc(N(CCCC(=O)N[C@@H](C)c2cc(C(C)C)c(OC)cc2C)S(C)(=O)=O)cc1. The summed E-state index contributed by atoms with van der Waals surface area (Å²) in [7, 11) is -0.258. The fourth-order valence-corrected chi connectivity index (χ4v) is 4.79. The molecule has 0 heterocycles. The summed E-state index contributed by atoms with van der Waals surface area (Å²) in [6.07, 6.45) is 1.79. The zero-order chi connectivity index (χ0) is 24.8. The predicted octanol–water partition coefficient (Wildman–Crippen LogP) is 4.56. The van der Waals surface area contributed by atoms with Gasteiger partial charge >= 0.3 is 0 Å². The highest BCUT2D eigenvalue weighted by molar-refractivity contribution is 7.92. The van der Waals surface area contributed by atoms with E-state index in [-0.39, 0.29) is 24.9 Å². The zero-order valence-electron chi connectivity index (χ0n) is 20.6. The maximum Gasteiger partial charge on any atom is 0.232 e. The van der Waals surface area contributed by atoms with Gasteiger partial charge in [0.05, 0.1) is 32.2 Å². The van der Waals surface area contributed by atoms with Crippen molar-refractivity contribution < 1.29 is 22.7 Å². The Hall–Kier alpha value is -2.74. The van der Waals surface area contributed by atoms with Gasteiger partial charge in [-0.3, -0.25) is 9.10 Å². The minimum Gasteiger partial charge on any atom is -0.497 e. The highest BCUT2D eigenvalue weighted by atomic mass is 32.2. The molecule has 0 unspecified atom stereocenters. The van der Waals surface area contributed by atoms with Gasteiger partial charge in [-0.25, -0.2) is 8.42 Å². The number of ether oxygens (including phenoxy) is 2. The molecule has 1 N–H and O–H groups in total. The molecular weight excluding hydrogens is 440 g/mol. The molecule has 1 amide bonds. The van der Waals surface area contributed by atoms with Crippen LogP contribution in [-0.2, 0) is 14.8 Å². The molecule has 0 aliphatic heterocycles. The van der Waals surface area contributed by atoms with E-state index in [9.17, 15) is 13.2 Å². The van der Waals surface area contributed by atoms with Crippen LogP contribution in [0.25, 0.3) is 0 Å². The van der Waals surface area contributed by atoms with E-state index in [0.29, 0.717) is 23.8 Å². The van der Waals surface area contributed by atoms with Crippen LogP contribution in [0.2, 0.25) is 0 Å². The smallest absolute Gasteiger partial charge is 0.232 e.